The summed E-state index contributed by atoms with van der Waals surface area (Å²) < 4.78 is 11.0. The first-order chi connectivity index (χ1) is 14.8. The molecule has 0 aliphatic heterocycles. The normalized spacial score (nSPS) is 11.4. The Bertz CT molecular complexity index is 1240. The van der Waals surface area contributed by atoms with Gasteiger partial charge in [-0.1, -0.05) is 17.3 Å². The third-order valence-electron chi connectivity index (χ3n) is 5.24. The molecule has 3 aromatic heterocycles. The van der Waals surface area contributed by atoms with Crippen molar-refractivity contribution in [2.24, 2.45) is 0 Å². The number of amides is 1. The zero-order valence-corrected chi connectivity index (χ0v) is 18.4. The van der Waals surface area contributed by atoms with Gasteiger partial charge in [0.25, 0.3) is 11.6 Å². The van der Waals surface area contributed by atoms with E-state index in [2.05, 4.69) is 34.5 Å². The lowest BCUT2D eigenvalue weighted by Crippen LogP contribution is -2.15. The predicted octanol–water partition coefficient (Wildman–Crippen LogP) is 4.76. The molecule has 1 N–H and O–H groups in total. The SMILES string of the molecule is Cc1cc(-c2cc(C(=O)Nc3ccc(CCN(C)C)cc3)c3c(C)noc3n2)c(C)o1. The maximum atomic E-state index is 13.2. The number of carbonyl (C=O) groups is 1. The van der Waals surface area contributed by atoms with Gasteiger partial charge < -0.3 is 19.2 Å². The van der Waals surface area contributed by atoms with Crippen molar-refractivity contribution in [2.45, 2.75) is 27.2 Å². The van der Waals surface area contributed by atoms with E-state index in [0.717, 1.165) is 35.7 Å². The molecule has 160 valence electrons. The highest BCUT2D eigenvalue weighted by atomic mass is 16.5. The van der Waals surface area contributed by atoms with Gasteiger partial charge >= 0.3 is 0 Å². The van der Waals surface area contributed by atoms with Crippen LogP contribution in [0.1, 0.15) is 33.1 Å². The molecular weight excluding hydrogens is 392 g/mol. The van der Waals surface area contributed by atoms with Crippen molar-refractivity contribution in [1.29, 1.82) is 0 Å². The Morgan fingerprint density at radius 2 is 1.84 bits per heavy atom. The number of fused-ring (bicyclic) bond motifs is 1. The summed E-state index contributed by atoms with van der Waals surface area (Å²) in [7, 11) is 4.11. The number of aryl methyl sites for hydroxylation is 3. The van der Waals surface area contributed by atoms with Crippen LogP contribution in [-0.4, -0.2) is 41.6 Å². The molecule has 4 rings (SSSR count). The van der Waals surface area contributed by atoms with Gasteiger partial charge in [-0.2, -0.15) is 0 Å². The minimum Gasteiger partial charge on any atom is -0.466 e. The van der Waals surface area contributed by atoms with E-state index < -0.39 is 0 Å². The maximum absolute atomic E-state index is 13.2. The van der Waals surface area contributed by atoms with Crippen LogP contribution in [0.5, 0.6) is 0 Å². The largest absolute Gasteiger partial charge is 0.466 e. The van der Waals surface area contributed by atoms with E-state index in [1.165, 1.54) is 5.56 Å². The zero-order valence-electron chi connectivity index (χ0n) is 18.4. The number of rotatable bonds is 6. The number of nitrogens with one attached hydrogen (secondary N) is 1. The Balaban J connectivity index is 1.65. The molecule has 1 aromatic carbocycles. The summed E-state index contributed by atoms with van der Waals surface area (Å²) in [5, 5.41) is 7.61. The van der Waals surface area contributed by atoms with Gasteiger partial charge in [0.05, 0.1) is 22.3 Å². The van der Waals surface area contributed by atoms with E-state index in [1.807, 2.05) is 44.2 Å². The van der Waals surface area contributed by atoms with E-state index in [0.29, 0.717) is 28.1 Å². The highest BCUT2D eigenvalue weighted by Gasteiger charge is 2.21. The monoisotopic (exact) mass is 418 g/mol. The van der Waals surface area contributed by atoms with Crippen LogP contribution in [0.4, 0.5) is 5.69 Å². The molecule has 31 heavy (non-hydrogen) atoms. The zero-order chi connectivity index (χ0) is 22.1. The molecule has 4 aromatic rings. The molecule has 3 heterocycles. The first-order valence-corrected chi connectivity index (χ1v) is 10.2. The molecule has 7 nitrogen and oxygen atoms in total. The third kappa shape index (κ3) is 4.36. The molecule has 0 bridgehead atoms. The molecule has 0 atom stereocenters. The fourth-order valence-electron chi connectivity index (χ4n) is 3.60. The van der Waals surface area contributed by atoms with E-state index in [4.69, 9.17) is 8.94 Å². The van der Waals surface area contributed by atoms with Crippen molar-refractivity contribution in [3.05, 3.63) is 64.7 Å². The summed E-state index contributed by atoms with van der Waals surface area (Å²) in [6.45, 7) is 6.53. The molecule has 0 saturated heterocycles. The Labute approximate surface area is 181 Å². The van der Waals surface area contributed by atoms with Crippen molar-refractivity contribution in [3.63, 3.8) is 0 Å². The highest BCUT2D eigenvalue weighted by Crippen LogP contribution is 2.30. The summed E-state index contributed by atoms with van der Waals surface area (Å²) in [5.41, 5.74) is 4.81. The van der Waals surface area contributed by atoms with Gasteiger partial charge in [-0.05, 0) is 71.1 Å². The summed E-state index contributed by atoms with van der Waals surface area (Å²) in [6.07, 6.45) is 0.957. The van der Waals surface area contributed by atoms with Crippen LogP contribution < -0.4 is 5.32 Å². The van der Waals surface area contributed by atoms with E-state index in [-0.39, 0.29) is 5.91 Å². The maximum Gasteiger partial charge on any atom is 0.259 e. The van der Waals surface area contributed by atoms with Crippen LogP contribution in [0, 0.1) is 20.8 Å². The lowest BCUT2D eigenvalue weighted by Gasteiger charge is -2.11. The van der Waals surface area contributed by atoms with Crippen LogP contribution >= 0.6 is 0 Å². The van der Waals surface area contributed by atoms with E-state index in [1.54, 1.807) is 13.0 Å². The van der Waals surface area contributed by atoms with E-state index >= 15 is 0 Å². The van der Waals surface area contributed by atoms with Crippen LogP contribution in [0.25, 0.3) is 22.4 Å². The summed E-state index contributed by atoms with van der Waals surface area (Å²) >= 11 is 0. The second-order valence-corrected chi connectivity index (χ2v) is 8.03. The molecule has 0 fully saturated rings. The minimum absolute atomic E-state index is 0.237. The number of likely N-dealkylation sites (N-methyl/N-ethyl adjacent to an activating group) is 1. The topological polar surface area (TPSA) is 84.4 Å². The van der Waals surface area contributed by atoms with Gasteiger partial charge in [-0.3, -0.25) is 4.79 Å². The van der Waals surface area contributed by atoms with Gasteiger partial charge in [0.1, 0.15) is 11.5 Å². The molecule has 0 unspecified atom stereocenters. The quantitative estimate of drug-likeness (QED) is 0.486. The van der Waals surface area contributed by atoms with Gasteiger partial charge in [0.15, 0.2) is 0 Å². The number of anilines is 1. The minimum atomic E-state index is -0.237. The Kier molecular flexibility index (Phi) is 5.61. The Morgan fingerprint density at radius 3 is 2.48 bits per heavy atom. The molecule has 0 spiro atoms. The van der Waals surface area contributed by atoms with Gasteiger partial charge in [-0.15, -0.1) is 0 Å². The van der Waals surface area contributed by atoms with Gasteiger partial charge in [0.2, 0.25) is 0 Å². The standard InChI is InChI=1S/C24H26N4O3/c1-14-12-19(16(3)30-14)21-13-20(22-15(2)27-31-24(22)26-21)23(29)25-18-8-6-17(7-9-18)10-11-28(4)5/h6-9,12-13H,10-11H2,1-5H3,(H,25,29). The molecule has 7 heteroatoms. The Hall–Kier alpha value is -3.45. The number of benzene rings is 1. The number of hydrogen-bond donors (Lipinski definition) is 1. The van der Waals surface area contributed by atoms with Crippen molar-refractivity contribution in [1.82, 2.24) is 15.0 Å². The smallest absolute Gasteiger partial charge is 0.259 e. The lowest BCUT2D eigenvalue weighted by atomic mass is 10.0. The third-order valence-corrected chi connectivity index (χ3v) is 5.24. The van der Waals surface area contributed by atoms with Crippen molar-refractivity contribution >= 4 is 22.7 Å². The predicted molar refractivity (Wildman–Crippen MR) is 120 cm³/mol. The first kappa shape index (κ1) is 20.8. The second kappa shape index (κ2) is 8.35. The Morgan fingerprint density at radius 1 is 1.10 bits per heavy atom. The van der Waals surface area contributed by atoms with Crippen LogP contribution in [0.2, 0.25) is 0 Å². The number of aromatic nitrogens is 2. The van der Waals surface area contributed by atoms with E-state index in [9.17, 15) is 4.79 Å². The first-order valence-electron chi connectivity index (χ1n) is 10.2. The number of nitrogens with zero attached hydrogens (tertiary/aromatic N) is 3. The highest BCUT2D eigenvalue weighted by molar-refractivity contribution is 6.13. The summed E-state index contributed by atoms with van der Waals surface area (Å²) in [6, 6.07) is 11.6. The number of hydrogen-bond acceptors (Lipinski definition) is 6. The molecule has 1 amide bonds. The average Bonchev–Trinajstić information content (AvgIpc) is 3.28. The number of furan rings is 1. The van der Waals surface area contributed by atoms with Crippen molar-refractivity contribution < 1.29 is 13.7 Å². The number of pyridine rings is 1. The molecular formula is C24H26N4O3. The fourth-order valence-corrected chi connectivity index (χ4v) is 3.60. The van der Waals surface area contributed by atoms with Crippen molar-refractivity contribution in [2.75, 3.05) is 26.0 Å². The molecule has 0 radical (unpaired) electrons. The lowest BCUT2D eigenvalue weighted by molar-refractivity contribution is 0.102. The van der Waals surface area contributed by atoms with Crippen molar-refractivity contribution in [3.8, 4) is 11.3 Å². The summed E-state index contributed by atoms with van der Waals surface area (Å²) in [5.74, 6) is 1.28. The van der Waals surface area contributed by atoms with Gasteiger partial charge in [0, 0.05) is 17.8 Å². The summed E-state index contributed by atoms with van der Waals surface area (Å²) in [4.78, 5) is 19.9. The van der Waals surface area contributed by atoms with Gasteiger partial charge in [-0.25, -0.2) is 4.98 Å². The second-order valence-electron chi connectivity index (χ2n) is 8.03. The molecule has 0 aliphatic rings. The fraction of sp³-hybridized carbons (Fsp3) is 0.292. The van der Waals surface area contributed by atoms with Crippen LogP contribution in [0.15, 0.2) is 45.3 Å². The average molecular weight is 418 g/mol. The van der Waals surface area contributed by atoms with Crippen LogP contribution in [0.3, 0.4) is 0 Å². The number of carbonyl (C=O) groups excluding carboxylic acids is 1. The molecule has 0 saturated carbocycles. The molecule has 0 aliphatic carbocycles. The van der Waals surface area contributed by atoms with Crippen LogP contribution in [-0.2, 0) is 6.42 Å².